The quantitative estimate of drug-likeness (QED) is 0.459. The van der Waals surface area contributed by atoms with Crippen molar-refractivity contribution in [1.82, 2.24) is 5.48 Å². The third kappa shape index (κ3) is 4.77. The van der Waals surface area contributed by atoms with Crippen molar-refractivity contribution >= 4 is 0 Å². The standard InChI is InChI=1S/C8H19NO/c1-4-5-6-7-8(2,3)9-10/h9-10H,4-7H2,1-3H3. The Morgan fingerprint density at radius 2 is 1.90 bits per heavy atom. The lowest BCUT2D eigenvalue weighted by molar-refractivity contribution is 0.0749. The monoisotopic (exact) mass is 145 g/mol. The fourth-order valence-electron chi connectivity index (χ4n) is 0.873. The first-order chi connectivity index (χ1) is 4.62. The highest BCUT2D eigenvalue weighted by Gasteiger charge is 2.14. The van der Waals surface area contributed by atoms with Gasteiger partial charge >= 0.3 is 0 Å². The van der Waals surface area contributed by atoms with E-state index in [4.69, 9.17) is 5.21 Å². The number of rotatable bonds is 5. The number of hydrogen-bond acceptors (Lipinski definition) is 2. The minimum atomic E-state index is -0.102. The van der Waals surface area contributed by atoms with E-state index in [1.165, 1.54) is 19.3 Å². The molecule has 0 aliphatic rings. The lowest BCUT2D eigenvalue weighted by Gasteiger charge is -2.21. The Morgan fingerprint density at radius 3 is 2.30 bits per heavy atom. The molecule has 2 nitrogen and oxygen atoms in total. The molecule has 10 heavy (non-hydrogen) atoms. The summed E-state index contributed by atoms with van der Waals surface area (Å²) < 4.78 is 0. The summed E-state index contributed by atoms with van der Waals surface area (Å²) in [6.45, 7) is 6.19. The molecule has 0 heterocycles. The third-order valence-corrected chi connectivity index (χ3v) is 1.71. The molecule has 0 bridgehead atoms. The second kappa shape index (κ2) is 4.69. The van der Waals surface area contributed by atoms with Crippen molar-refractivity contribution in [3.63, 3.8) is 0 Å². The van der Waals surface area contributed by atoms with E-state index in [-0.39, 0.29) is 5.54 Å². The molecule has 0 unspecified atom stereocenters. The second-order valence-corrected chi connectivity index (χ2v) is 3.45. The van der Waals surface area contributed by atoms with Crippen molar-refractivity contribution < 1.29 is 5.21 Å². The molecule has 0 aliphatic carbocycles. The van der Waals surface area contributed by atoms with Crippen LogP contribution in [0.3, 0.4) is 0 Å². The fraction of sp³-hybridized carbons (Fsp3) is 1.00. The Kier molecular flexibility index (Phi) is 4.65. The lowest BCUT2D eigenvalue weighted by Crippen LogP contribution is -2.36. The SMILES string of the molecule is CCCCCC(C)(C)NO. The minimum absolute atomic E-state index is 0.102. The molecule has 0 fully saturated rings. The molecule has 0 aliphatic heterocycles. The summed E-state index contributed by atoms with van der Waals surface area (Å²) >= 11 is 0. The van der Waals surface area contributed by atoms with E-state index >= 15 is 0 Å². The molecule has 2 N–H and O–H groups in total. The van der Waals surface area contributed by atoms with Crippen molar-refractivity contribution in [1.29, 1.82) is 0 Å². The summed E-state index contributed by atoms with van der Waals surface area (Å²) in [4.78, 5) is 0. The van der Waals surface area contributed by atoms with Crippen LogP contribution in [0.5, 0.6) is 0 Å². The molecule has 0 amide bonds. The molecule has 0 rings (SSSR count). The van der Waals surface area contributed by atoms with Gasteiger partial charge in [0.2, 0.25) is 0 Å². The summed E-state index contributed by atoms with van der Waals surface area (Å²) in [5.74, 6) is 0. The summed E-state index contributed by atoms with van der Waals surface area (Å²) in [6, 6.07) is 0. The Labute approximate surface area is 63.6 Å². The molecule has 0 aromatic heterocycles. The molecule has 0 radical (unpaired) electrons. The molecule has 0 aromatic carbocycles. The molecular weight excluding hydrogens is 126 g/mol. The lowest BCUT2D eigenvalue weighted by atomic mass is 9.98. The highest BCUT2D eigenvalue weighted by Crippen LogP contribution is 2.12. The molecule has 0 aromatic rings. The van der Waals surface area contributed by atoms with E-state index in [0.29, 0.717) is 0 Å². The van der Waals surface area contributed by atoms with Gasteiger partial charge in [-0.2, -0.15) is 0 Å². The van der Waals surface area contributed by atoms with E-state index in [1.807, 2.05) is 13.8 Å². The molecule has 0 saturated heterocycles. The summed E-state index contributed by atoms with van der Waals surface area (Å²) in [5, 5.41) is 8.64. The third-order valence-electron chi connectivity index (χ3n) is 1.71. The van der Waals surface area contributed by atoms with E-state index < -0.39 is 0 Å². The van der Waals surface area contributed by atoms with Crippen LogP contribution in [0.25, 0.3) is 0 Å². The van der Waals surface area contributed by atoms with E-state index in [1.54, 1.807) is 0 Å². The molecule has 0 spiro atoms. The van der Waals surface area contributed by atoms with Crippen molar-refractivity contribution in [2.45, 2.75) is 52.0 Å². The van der Waals surface area contributed by atoms with Gasteiger partial charge in [-0.05, 0) is 20.3 Å². The average molecular weight is 145 g/mol. The van der Waals surface area contributed by atoms with Crippen LogP contribution in [0.1, 0.15) is 46.5 Å². The zero-order chi connectivity index (χ0) is 8.04. The van der Waals surface area contributed by atoms with E-state index in [2.05, 4.69) is 12.4 Å². The van der Waals surface area contributed by atoms with Gasteiger partial charge in [0.05, 0.1) is 0 Å². The van der Waals surface area contributed by atoms with Crippen LogP contribution in [-0.4, -0.2) is 10.7 Å². The van der Waals surface area contributed by atoms with Crippen molar-refractivity contribution in [2.24, 2.45) is 0 Å². The van der Waals surface area contributed by atoms with Crippen LogP contribution in [-0.2, 0) is 0 Å². The van der Waals surface area contributed by atoms with Gasteiger partial charge in [0.1, 0.15) is 0 Å². The predicted molar refractivity (Wildman–Crippen MR) is 43.1 cm³/mol. The number of nitrogens with one attached hydrogen (secondary N) is 1. The predicted octanol–water partition coefficient (Wildman–Crippen LogP) is 2.32. The van der Waals surface area contributed by atoms with Crippen LogP contribution in [0.4, 0.5) is 0 Å². The van der Waals surface area contributed by atoms with E-state index in [0.717, 1.165) is 6.42 Å². The molecule has 0 atom stereocenters. The van der Waals surface area contributed by atoms with Gasteiger partial charge in [0.15, 0.2) is 0 Å². The first-order valence-corrected chi connectivity index (χ1v) is 4.03. The Bertz CT molecular complexity index is 81.3. The summed E-state index contributed by atoms with van der Waals surface area (Å²) in [5.41, 5.74) is 2.20. The molecular formula is C8H19NO. The van der Waals surface area contributed by atoms with Gasteiger partial charge in [-0.15, -0.1) is 0 Å². The van der Waals surface area contributed by atoms with Gasteiger partial charge in [-0.3, -0.25) is 0 Å². The topological polar surface area (TPSA) is 32.3 Å². The van der Waals surface area contributed by atoms with Crippen LogP contribution in [0.15, 0.2) is 0 Å². The summed E-state index contributed by atoms with van der Waals surface area (Å²) in [6.07, 6.45) is 4.72. The van der Waals surface area contributed by atoms with Gasteiger partial charge in [0.25, 0.3) is 0 Å². The van der Waals surface area contributed by atoms with Crippen LogP contribution < -0.4 is 5.48 Å². The normalized spacial score (nSPS) is 12.0. The number of hydroxylamine groups is 1. The van der Waals surface area contributed by atoms with Gasteiger partial charge in [0, 0.05) is 5.54 Å². The number of hydrogen-bond donors (Lipinski definition) is 2. The van der Waals surface area contributed by atoms with Gasteiger partial charge in [-0.1, -0.05) is 26.2 Å². The van der Waals surface area contributed by atoms with E-state index in [9.17, 15) is 0 Å². The van der Waals surface area contributed by atoms with Crippen LogP contribution in [0, 0.1) is 0 Å². The fourth-order valence-corrected chi connectivity index (χ4v) is 0.873. The number of unbranched alkanes of at least 4 members (excludes halogenated alkanes) is 2. The smallest absolute Gasteiger partial charge is 0.0373 e. The molecule has 62 valence electrons. The highest BCUT2D eigenvalue weighted by atomic mass is 16.5. The molecule has 2 heteroatoms. The first-order valence-electron chi connectivity index (χ1n) is 4.03. The maximum atomic E-state index is 8.64. The Hall–Kier alpha value is -0.0800. The molecule has 0 saturated carbocycles. The zero-order valence-corrected chi connectivity index (χ0v) is 7.28. The maximum absolute atomic E-state index is 8.64. The first kappa shape index (κ1) is 9.92. The Balaban J connectivity index is 3.28. The maximum Gasteiger partial charge on any atom is 0.0373 e. The Morgan fingerprint density at radius 1 is 1.30 bits per heavy atom. The average Bonchev–Trinajstić information content (AvgIpc) is 1.89. The van der Waals surface area contributed by atoms with Crippen molar-refractivity contribution in [3.05, 3.63) is 0 Å². The second-order valence-electron chi connectivity index (χ2n) is 3.45. The van der Waals surface area contributed by atoms with Crippen LogP contribution in [0.2, 0.25) is 0 Å². The van der Waals surface area contributed by atoms with Crippen molar-refractivity contribution in [2.75, 3.05) is 0 Å². The van der Waals surface area contributed by atoms with Crippen molar-refractivity contribution in [3.8, 4) is 0 Å². The van der Waals surface area contributed by atoms with Gasteiger partial charge in [-0.25, -0.2) is 5.48 Å². The highest BCUT2D eigenvalue weighted by molar-refractivity contribution is 4.71. The van der Waals surface area contributed by atoms with Gasteiger partial charge < -0.3 is 5.21 Å². The summed E-state index contributed by atoms with van der Waals surface area (Å²) in [7, 11) is 0. The zero-order valence-electron chi connectivity index (χ0n) is 7.28. The largest absolute Gasteiger partial charge is 0.316 e. The minimum Gasteiger partial charge on any atom is -0.316 e. The van der Waals surface area contributed by atoms with Crippen LogP contribution >= 0.6 is 0 Å².